The van der Waals surface area contributed by atoms with E-state index in [-0.39, 0.29) is 5.91 Å². The van der Waals surface area contributed by atoms with Crippen molar-refractivity contribution in [2.75, 3.05) is 19.5 Å². The first kappa shape index (κ1) is 16.5. The Morgan fingerprint density at radius 2 is 1.83 bits per heavy atom. The minimum atomic E-state index is -0.341. The summed E-state index contributed by atoms with van der Waals surface area (Å²) in [5, 5.41) is 3.95. The summed E-state index contributed by atoms with van der Waals surface area (Å²) in [6.45, 7) is 1.90. The third kappa shape index (κ3) is 2.90. The summed E-state index contributed by atoms with van der Waals surface area (Å²) in [5.74, 6) is 0.534. The maximum atomic E-state index is 12.7. The summed E-state index contributed by atoms with van der Waals surface area (Å²) >= 11 is 7.51. The molecule has 0 aliphatic heterocycles. The summed E-state index contributed by atoms with van der Waals surface area (Å²) in [6.07, 6.45) is 0. The highest BCUT2D eigenvalue weighted by Gasteiger charge is 2.20. The molecule has 0 aliphatic rings. The van der Waals surface area contributed by atoms with Gasteiger partial charge in [-0.25, -0.2) is 4.98 Å². The number of carbonyl (C=O) groups is 1. The Labute approximate surface area is 148 Å². The fourth-order valence-corrected chi connectivity index (χ4v) is 3.46. The van der Waals surface area contributed by atoms with Crippen LogP contribution in [0.25, 0.3) is 10.2 Å². The highest BCUT2D eigenvalue weighted by molar-refractivity contribution is 7.22. The number of anilines is 1. The largest absolute Gasteiger partial charge is 0.496 e. The molecule has 2 aromatic carbocycles. The van der Waals surface area contributed by atoms with Gasteiger partial charge in [0.25, 0.3) is 5.91 Å². The van der Waals surface area contributed by atoms with Crippen molar-refractivity contribution in [2.24, 2.45) is 0 Å². The van der Waals surface area contributed by atoms with Gasteiger partial charge in [0.15, 0.2) is 5.13 Å². The van der Waals surface area contributed by atoms with Crippen LogP contribution in [-0.2, 0) is 0 Å². The number of aryl methyl sites for hydroxylation is 1. The molecule has 1 heterocycles. The van der Waals surface area contributed by atoms with Crippen LogP contribution in [0.5, 0.6) is 11.5 Å². The van der Waals surface area contributed by atoms with Crippen molar-refractivity contribution in [2.45, 2.75) is 6.92 Å². The Hall–Kier alpha value is -2.31. The van der Waals surface area contributed by atoms with E-state index in [4.69, 9.17) is 21.1 Å². The second-order valence-corrected chi connectivity index (χ2v) is 6.47. The predicted molar refractivity (Wildman–Crippen MR) is 96.9 cm³/mol. The summed E-state index contributed by atoms with van der Waals surface area (Å²) < 4.78 is 11.5. The third-order valence-corrected chi connectivity index (χ3v) is 4.97. The smallest absolute Gasteiger partial charge is 0.265 e. The van der Waals surface area contributed by atoms with E-state index in [2.05, 4.69) is 10.3 Å². The van der Waals surface area contributed by atoms with E-state index < -0.39 is 0 Å². The van der Waals surface area contributed by atoms with E-state index in [0.29, 0.717) is 27.2 Å². The quantitative estimate of drug-likeness (QED) is 0.740. The Bertz CT molecular complexity index is 901. The molecule has 24 heavy (non-hydrogen) atoms. The second kappa shape index (κ2) is 6.67. The Kier molecular flexibility index (Phi) is 4.59. The number of nitrogens with zero attached hydrogens (tertiary/aromatic N) is 1. The van der Waals surface area contributed by atoms with Crippen molar-refractivity contribution in [3.63, 3.8) is 0 Å². The lowest BCUT2D eigenvalue weighted by Crippen LogP contribution is -2.14. The summed E-state index contributed by atoms with van der Waals surface area (Å²) in [4.78, 5) is 17.1. The van der Waals surface area contributed by atoms with Gasteiger partial charge in [0.05, 0.1) is 24.4 Å². The molecule has 0 spiro atoms. The van der Waals surface area contributed by atoms with Gasteiger partial charge in [0.1, 0.15) is 17.1 Å². The van der Waals surface area contributed by atoms with Crippen LogP contribution in [0.15, 0.2) is 30.3 Å². The molecule has 0 bridgehead atoms. The van der Waals surface area contributed by atoms with Crippen molar-refractivity contribution in [1.29, 1.82) is 0 Å². The molecular formula is C17H15ClN2O3S. The highest BCUT2D eigenvalue weighted by Crippen LogP contribution is 2.33. The zero-order valence-electron chi connectivity index (χ0n) is 13.3. The first-order valence-electron chi connectivity index (χ1n) is 7.13. The molecular weight excluding hydrogens is 348 g/mol. The number of fused-ring (bicyclic) bond motifs is 1. The summed E-state index contributed by atoms with van der Waals surface area (Å²) in [5.41, 5.74) is 2.01. The second-order valence-electron chi connectivity index (χ2n) is 5.03. The predicted octanol–water partition coefficient (Wildman–Crippen LogP) is 4.53. The van der Waals surface area contributed by atoms with Crippen LogP contribution in [-0.4, -0.2) is 25.1 Å². The lowest BCUT2D eigenvalue weighted by atomic mass is 10.1. The van der Waals surface area contributed by atoms with Gasteiger partial charge < -0.3 is 9.47 Å². The molecule has 1 N–H and O–H groups in total. The summed E-state index contributed by atoms with van der Waals surface area (Å²) in [6, 6.07) is 8.89. The van der Waals surface area contributed by atoms with Crippen molar-refractivity contribution >= 4 is 44.2 Å². The Morgan fingerprint density at radius 3 is 2.46 bits per heavy atom. The van der Waals surface area contributed by atoms with Gasteiger partial charge in [0.2, 0.25) is 0 Å². The molecule has 7 heteroatoms. The average Bonchev–Trinajstić information content (AvgIpc) is 3.00. The highest BCUT2D eigenvalue weighted by atomic mass is 35.5. The average molecular weight is 363 g/mol. The molecule has 0 saturated carbocycles. The van der Waals surface area contributed by atoms with Crippen molar-refractivity contribution in [3.05, 3.63) is 46.5 Å². The number of ether oxygens (including phenoxy) is 2. The van der Waals surface area contributed by atoms with E-state index in [1.807, 2.05) is 19.1 Å². The number of hydrogen-bond acceptors (Lipinski definition) is 5. The van der Waals surface area contributed by atoms with Crippen LogP contribution in [0.3, 0.4) is 0 Å². The molecule has 3 rings (SSSR count). The number of rotatable bonds is 4. The van der Waals surface area contributed by atoms with Crippen LogP contribution < -0.4 is 14.8 Å². The fourth-order valence-electron chi connectivity index (χ4n) is 2.39. The van der Waals surface area contributed by atoms with Crippen molar-refractivity contribution in [3.8, 4) is 11.5 Å². The van der Waals surface area contributed by atoms with Crippen LogP contribution in [0.4, 0.5) is 5.13 Å². The van der Waals surface area contributed by atoms with Crippen molar-refractivity contribution < 1.29 is 14.3 Å². The maximum Gasteiger partial charge on any atom is 0.265 e. The molecule has 0 radical (unpaired) electrons. The molecule has 1 aromatic heterocycles. The molecule has 0 saturated heterocycles. The molecule has 0 unspecified atom stereocenters. The van der Waals surface area contributed by atoms with Gasteiger partial charge in [-0.1, -0.05) is 29.0 Å². The van der Waals surface area contributed by atoms with Gasteiger partial charge in [-0.15, -0.1) is 0 Å². The number of thiazole rings is 1. The Morgan fingerprint density at radius 1 is 1.17 bits per heavy atom. The van der Waals surface area contributed by atoms with Gasteiger partial charge in [-0.05, 0) is 36.8 Å². The fraction of sp³-hybridized carbons (Fsp3) is 0.176. The van der Waals surface area contributed by atoms with Gasteiger partial charge >= 0.3 is 0 Å². The Balaban J connectivity index is 1.97. The maximum absolute atomic E-state index is 12.7. The van der Waals surface area contributed by atoms with E-state index >= 15 is 0 Å². The first-order chi connectivity index (χ1) is 11.5. The number of aromatic nitrogens is 1. The van der Waals surface area contributed by atoms with Crippen LogP contribution in [0.2, 0.25) is 5.02 Å². The minimum absolute atomic E-state index is 0.330. The van der Waals surface area contributed by atoms with E-state index in [1.54, 1.807) is 18.2 Å². The van der Waals surface area contributed by atoms with Gasteiger partial charge in [0, 0.05) is 5.02 Å². The van der Waals surface area contributed by atoms with E-state index in [1.165, 1.54) is 25.6 Å². The third-order valence-electron chi connectivity index (χ3n) is 3.62. The number of benzene rings is 2. The standard InChI is InChI=1S/C17H15ClN2O3S/c1-9-10(18)7-8-13-15(9)19-17(24-13)20-16(21)14-11(22-2)5-4-6-12(14)23-3/h4-8H,1-3H3,(H,19,20,21). The summed E-state index contributed by atoms with van der Waals surface area (Å²) in [7, 11) is 3.02. The zero-order chi connectivity index (χ0) is 17.3. The van der Waals surface area contributed by atoms with Crippen LogP contribution >= 0.6 is 22.9 Å². The molecule has 0 aliphatic carbocycles. The number of methoxy groups -OCH3 is 2. The van der Waals surface area contributed by atoms with Gasteiger partial charge in [-0.3, -0.25) is 10.1 Å². The number of hydrogen-bond donors (Lipinski definition) is 1. The molecule has 124 valence electrons. The number of carbonyl (C=O) groups excluding carboxylic acids is 1. The van der Waals surface area contributed by atoms with E-state index in [9.17, 15) is 4.79 Å². The first-order valence-corrected chi connectivity index (χ1v) is 8.32. The molecule has 0 fully saturated rings. The lowest BCUT2D eigenvalue weighted by Gasteiger charge is -2.11. The number of halogens is 1. The monoisotopic (exact) mass is 362 g/mol. The SMILES string of the molecule is COc1cccc(OC)c1C(=O)Nc1nc2c(C)c(Cl)ccc2s1. The van der Waals surface area contributed by atoms with Crippen LogP contribution in [0.1, 0.15) is 15.9 Å². The zero-order valence-corrected chi connectivity index (χ0v) is 14.9. The van der Waals surface area contributed by atoms with Crippen LogP contribution in [0, 0.1) is 6.92 Å². The lowest BCUT2D eigenvalue weighted by molar-refractivity contribution is 0.102. The number of nitrogens with one attached hydrogen (secondary N) is 1. The molecule has 0 atom stereocenters. The van der Waals surface area contributed by atoms with E-state index in [0.717, 1.165) is 15.8 Å². The number of amides is 1. The minimum Gasteiger partial charge on any atom is -0.496 e. The normalized spacial score (nSPS) is 10.7. The molecule has 3 aromatic rings. The van der Waals surface area contributed by atoms with Crippen molar-refractivity contribution in [1.82, 2.24) is 4.98 Å². The molecule has 5 nitrogen and oxygen atoms in total. The van der Waals surface area contributed by atoms with Gasteiger partial charge in [-0.2, -0.15) is 0 Å². The topological polar surface area (TPSA) is 60.5 Å². The molecule has 1 amide bonds.